The molecular weight excluding hydrogens is 438 g/mol. The number of benzene rings is 2. The fourth-order valence-electron chi connectivity index (χ4n) is 4.60. The van der Waals surface area contributed by atoms with Gasteiger partial charge in [-0.1, -0.05) is 30.0 Å². The van der Waals surface area contributed by atoms with Crippen LogP contribution in [-0.4, -0.2) is 58.0 Å². The predicted octanol–water partition coefficient (Wildman–Crippen LogP) is 3.96. The Hall–Kier alpha value is -2.42. The van der Waals surface area contributed by atoms with Gasteiger partial charge in [0.15, 0.2) is 0 Å². The zero-order valence-electron chi connectivity index (χ0n) is 19.5. The van der Waals surface area contributed by atoms with Crippen LogP contribution in [0.2, 0.25) is 0 Å². The average molecular weight is 472 g/mol. The maximum absolute atomic E-state index is 13.3. The van der Waals surface area contributed by atoms with Gasteiger partial charge in [0.25, 0.3) is 5.91 Å². The molecule has 0 spiro atoms. The molecule has 0 bridgehead atoms. The molecule has 1 amide bonds. The summed E-state index contributed by atoms with van der Waals surface area (Å²) in [5.41, 5.74) is 4.00. The third-order valence-electron chi connectivity index (χ3n) is 6.25. The van der Waals surface area contributed by atoms with Gasteiger partial charge in [-0.05, 0) is 57.0 Å². The first-order valence-electron chi connectivity index (χ1n) is 11.7. The number of aryl methyl sites for hydroxylation is 2. The topological polar surface area (TPSA) is 79.0 Å². The Kier molecular flexibility index (Phi) is 7.36. The van der Waals surface area contributed by atoms with Gasteiger partial charge in [-0.15, -0.1) is 0 Å². The number of morpholine rings is 1. The van der Waals surface area contributed by atoms with Crippen molar-refractivity contribution in [3.8, 4) is 0 Å². The monoisotopic (exact) mass is 471 g/mol. The maximum atomic E-state index is 13.3. The van der Waals surface area contributed by atoms with Crippen molar-refractivity contribution in [1.29, 1.82) is 0 Å². The molecule has 2 aromatic carbocycles. The minimum atomic E-state index is -3.67. The van der Waals surface area contributed by atoms with Crippen molar-refractivity contribution in [3.05, 3.63) is 53.1 Å². The molecular formula is C25H33N3O4S. The number of nitrogens with one attached hydrogen (secondary N) is 1. The van der Waals surface area contributed by atoms with E-state index in [2.05, 4.69) is 10.2 Å². The third kappa shape index (κ3) is 5.57. The lowest BCUT2D eigenvalue weighted by molar-refractivity contribution is 0.0730. The number of hydrogen-bond donors (Lipinski definition) is 1. The summed E-state index contributed by atoms with van der Waals surface area (Å²) in [4.78, 5) is 15.6. The Balaban J connectivity index is 1.70. The molecule has 33 heavy (non-hydrogen) atoms. The molecule has 0 aromatic heterocycles. The van der Waals surface area contributed by atoms with Crippen LogP contribution in [0, 0.1) is 13.8 Å². The molecule has 2 aromatic rings. The molecule has 4 rings (SSSR count). The second kappa shape index (κ2) is 10.2. The Morgan fingerprint density at radius 2 is 1.52 bits per heavy atom. The first-order valence-corrected chi connectivity index (χ1v) is 13.2. The van der Waals surface area contributed by atoms with Gasteiger partial charge in [-0.3, -0.25) is 4.79 Å². The summed E-state index contributed by atoms with van der Waals surface area (Å²) in [5, 5.41) is 3.03. The number of hydrogen-bond acceptors (Lipinski definition) is 5. The standard InChI is InChI=1S/C25H33N3O4S/c1-19-15-20(2)17-21(16-19)25(29)26-23-18-22(33(30,31)28-11-13-32-14-12-28)7-8-24(23)27-9-5-3-4-6-10-27/h7-8,15-18H,3-6,9-14H2,1-2H3,(H,26,29). The van der Waals surface area contributed by atoms with Gasteiger partial charge in [-0.2, -0.15) is 4.31 Å². The van der Waals surface area contributed by atoms with E-state index < -0.39 is 10.0 Å². The van der Waals surface area contributed by atoms with E-state index in [0.717, 1.165) is 42.7 Å². The molecule has 2 saturated heterocycles. The number of amides is 1. The van der Waals surface area contributed by atoms with Crippen molar-refractivity contribution in [2.24, 2.45) is 0 Å². The van der Waals surface area contributed by atoms with Crippen LogP contribution in [0.5, 0.6) is 0 Å². The number of carbonyl (C=O) groups is 1. The highest BCUT2D eigenvalue weighted by Gasteiger charge is 2.28. The smallest absolute Gasteiger partial charge is 0.255 e. The van der Waals surface area contributed by atoms with Crippen LogP contribution in [0.4, 0.5) is 11.4 Å². The minimum Gasteiger partial charge on any atom is -0.379 e. The first kappa shape index (κ1) is 23.7. The predicted molar refractivity (Wildman–Crippen MR) is 131 cm³/mol. The second-order valence-electron chi connectivity index (χ2n) is 8.93. The molecule has 0 unspecified atom stereocenters. The molecule has 7 nitrogen and oxygen atoms in total. The number of ether oxygens (including phenoxy) is 1. The van der Waals surface area contributed by atoms with Gasteiger partial charge >= 0.3 is 0 Å². The van der Waals surface area contributed by atoms with Crippen molar-refractivity contribution in [2.75, 3.05) is 49.6 Å². The molecule has 0 atom stereocenters. The number of sulfonamides is 1. The molecule has 0 aliphatic carbocycles. The lowest BCUT2D eigenvalue weighted by Crippen LogP contribution is -2.40. The van der Waals surface area contributed by atoms with Crippen LogP contribution in [-0.2, 0) is 14.8 Å². The van der Waals surface area contributed by atoms with Crippen molar-refractivity contribution in [3.63, 3.8) is 0 Å². The van der Waals surface area contributed by atoms with Crippen LogP contribution >= 0.6 is 0 Å². The SMILES string of the molecule is Cc1cc(C)cc(C(=O)Nc2cc(S(=O)(=O)N3CCOCC3)ccc2N2CCCCCC2)c1. The van der Waals surface area contributed by atoms with Crippen LogP contribution in [0.25, 0.3) is 0 Å². The number of nitrogens with zero attached hydrogens (tertiary/aromatic N) is 2. The molecule has 0 saturated carbocycles. The van der Waals surface area contributed by atoms with Crippen LogP contribution < -0.4 is 10.2 Å². The first-order chi connectivity index (χ1) is 15.8. The highest BCUT2D eigenvalue weighted by Crippen LogP contribution is 2.32. The quantitative estimate of drug-likeness (QED) is 0.714. The van der Waals surface area contributed by atoms with Gasteiger partial charge < -0.3 is 15.0 Å². The summed E-state index contributed by atoms with van der Waals surface area (Å²) < 4.78 is 33.3. The van der Waals surface area contributed by atoms with Crippen molar-refractivity contribution in [2.45, 2.75) is 44.4 Å². The summed E-state index contributed by atoms with van der Waals surface area (Å²) in [6.45, 7) is 7.15. The molecule has 178 valence electrons. The molecule has 2 fully saturated rings. The fourth-order valence-corrected chi connectivity index (χ4v) is 6.03. The van der Waals surface area contributed by atoms with E-state index in [1.807, 2.05) is 38.1 Å². The van der Waals surface area contributed by atoms with E-state index in [1.165, 1.54) is 17.1 Å². The largest absolute Gasteiger partial charge is 0.379 e. The highest BCUT2D eigenvalue weighted by atomic mass is 32.2. The van der Waals surface area contributed by atoms with Gasteiger partial charge in [-0.25, -0.2) is 8.42 Å². The van der Waals surface area contributed by atoms with E-state index >= 15 is 0 Å². The molecule has 2 aliphatic heterocycles. The fraction of sp³-hybridized carbons (Fsp3) is 0.480. The molecule has 2 aliphatic rings. The minimum absolute atomic E-state index is 0.193. The normalized spacial score (nSPS) is 18.1. The molecule has 2 heterocycles. The van der Waals surface area contributed by atoms with Crippen LogP contribution in [0.3, 0.4) is 0 Å². The lowest BCUT2D eigenvalue weighted by atomic mass is 10.1. The van der Waals surface area contributed by atoms with Crippen LogP contribution in [0.1, 0.15) is 47.2 Å². The summed E-state index contributed by atoms with van der Waals surface area (Å²) in [6.07, 6.45) is 4.53. The van der Waals surface area contributed by atoms with E-state index in [-0.39, 0.29) is 10.8 Å². The zero-order chi connectivity index (χ0) is 23.4. The Bertz CT molecular complexity index is 1080. The van der Waals surface area contributed by atoms with E-state index in [9.17, 15) is 13.2 Å². The number of anilines is 2. The van der Waals surface area contributed by atoms with Crippen molar-refractivity contribution in [1.82, 2.24) is 4.31 Å². The van der Waals surface area contributed by atoms with Crippen molar-refractivity contribution < 1.29 is 17.9 Å². The highest BCUT2D eigenvalue weighted by molar-refractivity contribution is 7.89. The Morgan fingerprint density at radius 1 is 0.879 bits per heavy atom. The lowest BCUT2D eigenvalue weighted by Gasteiger charge is -2.28. The van der Waals surface area contributed by atoms with E-state index in [0.29, 0.717) is 37.6 Å². The third-order valence-corrected chi connectivity index (χ3v) is 8.15. The van der Waals surface area contributed by atoms with E-state index in [1.54, 1.807) is 12.1 Å². The number of rotatable bonds is 5. The maximum Gasteiger partial charge on any atom is 0.255 e. The summed E-state index contributed by atoms with van der Waals surface area (Å²) in [7, 11) is -3.67. The van der Waals surface area contributed by atoms with Crippen molar-refractivity contribution >= 4 is 27.3 Å². The summed E-state index contributed by atoms with van der Waals surface area (Å²) in [5.74, 6) is -0.237. The van der Waals surface area contributed by atoms with Gasteiger partial charge in [0.05, 0.1) is 29.5 Å². The molecule has 8 heteroatoms. The van der Waals surface area contributed by atoms with Gasteiger partial charge in [0, 0.05) is 31.7 Å². The molecule has 1 N–H and O–H groups in total. The number of carbonyl (C=O) groups excluding carboxylic acids is 1. The zero-order valence-corrected chi connectivity index (χ0v) is 20.3. The van der Waals surface area contributed by atoms with E-state index in [4.69, 9.17) is 4.74 Å². The second-order valence-corrected chi connectivity index (χ2v) is 10.9. The summed E-state index contributed by atoms with van der Waals surface area (Å²) in [6, 6.07) is 10.8. The summed E-state index contributed by atoms with van der Waals surface area (Å²) >= 11 is 0. The Morgan fingerprint density at radius 3 is 2.15 bits per heavy atom. The average Bonchev–Trinajstić information content (AvgIpc) is 3.08. The molecule has 0 radical (unpaired) electrons. The van der Waals surface area contributed by atoms with Gasteiger partial charge in [0.2, 0.25) is 10.0 Å². The van der Waals surface area contributed by atoms with Crippen LogP contribution in [0.15, 0.2) is 41.3 Å². The Labute approximate surface area is 196 Å². The van der Waals surface area contributed by atoms with Gasteiger partial charge in [0.1, 0.15) is 0 Å².